The Morgan fingerprint density at radius 1 is 1.33 bits per heavy atom. The molecule has 0 saturated heterocycles. The van der Waals surface area contributed by atoms with Gasteiger partial charge in [0.05, 0.1) is 0 Å². The van der Waals surface area contributed by atoms with E-state index in [2.05, 4.69) is 0 Å². The molecule has 0 radical (unpaired) electrons. The van der Waals surface area contributed by atoms with Crippen LogP contribution in [-0.2, 0) is 17.8 Å². The first kappa shape index (κ1) is 14.5. The Labute approximate surface area is 109 Å². The molecule has 0 spiro atoms. The molecule has 1 unspecified atom stereocenters. The van der Waals surface area contributed by atoms with Crippen molar-refractivity contribution in [3.8, 4) is 0 Å². The molecule has 18 heavy (non-hydrogen) atoms. The van der Waals surface area contributed by atoms with Gasteiger partial charge in [0.1, 0.15) is 6.10 Å². The van der Waals surface area contributed by atoms with E-state index in [1.165, 1.54) is 0 Å². The number of amides is 1. The fourth-order valence-corrected chi connectivity index (χ4v) is 1.46. The molecule has 4 nitrogen and oxygen atoms in total. The SMILES string of the molecule is CCC(C)OC(=O)N(C)Cc1ccc(CN)cc1. The van der Waals surface area contributed by atoms with Crippen molar-refractivity contribution in [2.75, 3.05) is 7.05 Å². The van der Waals surface area contributed by atoms with Crippen molar-refractivity contribution in [1.29, 1.82) is 0 Å². The first-order valence-electron chi connectivity index (χ1n) is 6.26. The smallest absolute Gasteiger partial charge is 0.410 e. The van der Waals surface area contributed by atoms with Crippen molar-refractivity contribution >= 4 is 6.09 Å². The highest BCUT2D eigenvalue weighted by atomic mass is 16.6. The Balaban J connectivity index is 2.52. The summed E-state index contributed by atoms with van der Waals surface area (Å²) in [6.07, 6.45) is 0.497. The lowest BCUT2D eigenvalue weighted by atomic mass is 10.1. The molecule has 0 heterocycles. The molecule has 1 aromatic rings. The molecule has 0 bridgehead atoms. The first-order valence-corrected chi connectivity index (χ1v) is 6.26. The average Bonchev–Trinajstić information content (AvgIpc) is 2.39. The van der Waals surface area contributed by atoms with Gasteiger partial charge in [-0.3, -0.25) is 0 Å². The van der Waals surface area contributed by atoms with E-state index < -0.39 is 0 Å². The fraction of sp³-hybridized carbons (Fsp3) is 0.500. The highest BCUT2D eigenvalue weighted by molar-refractivity contribution is 5.67. The number of carbonyl (C=O) groups excluding carboxylic acids is 1. The van der Waals surface area contributed by atoms with E-state index in [1.807, 2.05) is 38.1 Å². The molecular formula is C14H22N2O2. The number of hydrogen-bond acceptors (Lipinski definition) is 3. The van der Waals surface area contributed by atoms with E-state index in [9.17, 15) is 4.79 Å². The predicted molar refractivity (Wildman–Crippen MR) is 72.0 cm³/mol. The second kappa shape index (κ2) is 7.01. The molecule has 0 aliphatic rings. The van der Waals surface area contributed by atoms with Crippen LogP contribution in [-0.4, -0.2) is 24.1 Å². The van der Waals surface area contributed by atoms with Crippen LogP contribution in [0.25, 0.3) is 0 Å². The zero-order valence-corrected chi connectivity index (χ0v) is 11.3. The van der Waals surface area contributed by atoms with Crippen molar-refractivity contribution in [3.05, 3.63) is 35.4 Å². The topological polar surface area (TPSA) is 55.6 Å². The molecule has 0 saturated carbocycles. The maximum atomic E-state index is 11.7. The van der Waals surface area contributed by atoms with Gasteiger partial charge in [0, 0.05) is 20.1 Å². The van der Waals surface area contributed by atoms with Gasteiger partial charge in [-0.2, -0.15) is 0 Å². The van der Waals surface area contributed by atoms with Crippen molar-refractivity contribution < 1.29 is 9.53 Å². The van der Waals surface area contributed by atoms with Crippen LogP contribution < -0.4 is 5.73 Å². The van der Waals surface area contributed by atoms with E-state index in [4.69, 9.17) is 10.5 Å². The molecule has 0 fully saturated rings. The van der Waals surface area contributed by atoms with Gasteiger partial charge in [-0.15, -0.1) is 0 Å². The molecule has 100 valence electrons. The molecule has 1 amide bonds. The quantitative estimate of drug-likeness (QED) is 0.873. The maximum Gasteiger partial charge on any atom is 0.410 e. The lowest BCUT2D eigenvalue weighted by Crippen LogP contribution is -2.29. The average molecular weight is 250 g/mol. The molecule has 1 atom stereocenters. The minimum atomic E-state index is -0.285. The first-order chi connectivity index (χ1) is 8.56. The second-order valence-electron chi connectivity index (χ2n) is 4.48. The lowest BCUT2D eigenvalue weighted by molar-refractivity contribution is 0.0734. The monoisotopic (exact) mass is 250 g/mol. The Kier molecular flexibility index (Phi) is 5.65. The second-order valence-corrected chi connectivity index (χ2v) is 4.48. The van der Waals surface area contributed by atoms with Crippen LogP contribution in [0.4, 0.5) is 4.79 Å². The Morgan fingerprint density at radius 3 is 2.39 bits per heavy atom. The molecule has 0 aliphatic carbocycles. The maximum absolute atomic E-state index is 11.7. The number of ether oxygens (including phenoxy) is 1. The predicted octanol–water partition coefficient (Wildman–Crippen LogP) is 2.51. The van der Waals surface area contributed by atoms with Crippen LogP contribution in [0.2, 0.25) is 0 Å². The number of benzene rings is 1. The molecule has 2 N–H and O–H groups in total. The summed E-state index contributed by atoms with van der Waals surface area (Å²) >= 11 is 0. The van der Waals surface area contributed by atoms with Gasteiger partial charge in [0.25, 0.3) is 0 Å². The Hall–Kier alpha value is -1.55. The summed E-state index contributed by atoms with van der Waals surface area (Å²) in [5.74, 6) is 0. The van der Waals surface area contributed by atoms with Crippen LogP contribution in [0.5, 0.6) is 0 Å². The highest BCUT2D eigenvalue weighted by Crippen LogP contribution is 2.08. The van der Waals surface area contributed by atoms with E-state index in [1.54, 1.807) is 11.9 Å². The standard InChI is InChI=1S/C14H22N2O2/c1-4-11(2)18-14(17)16(3)10-13-7-5-12(9-15)6-8-13/h5-8,11H,4,9-10,15H2,1-3H3. The summed E-state index contributed by atoms with van der Waals surface area (Å²) in [6, 6.07) is 7.91. The van der Waals surface area contributed by atoms with Crippen molar-refractivity contribution in [1.82, 2.24) is 4.90 Å². The van der Waals surface area contributed by atoms with Gasteiger partial charge in [-0.1, -0.05) is 31.2 Å². The van der Waals surface area contributed by atoms with Gasteiger partial charge < -0.3 is 15.4 Å². The Bertz CT molecular complexity index is 376. The van der Waals surface area contributed by atoms with Gasteiger partial charge in [0.15, 0.2) is 0 Å². The molecule has 0 aromatic heterocycles. The lowest BCUT2D eigenvalue weighted by Gasteiger charge is -2.19. The molecule has 4 heteroatoms. The fourth-order valence-electron chi connectivity index (χ4n) is 1.46. The van der Waals surface area contributed by atoms with E-state index >= 15 is 0 Å². The zero-order valence-electron chi connectivity index (χ0n) is 11.3. The van der Waals surface area contributed by atoms with Gasteiger partial charge >= 0.3 is 6.09 Å². The van der Waals surface area contributed by atoms with Crippen LogP contribution in [0, 0.1) is 0 Å². The van der Waals surface area contributed by atoms with Gasteiger partial charge in [-0.25, -0.2) is 4.79 Å². The summed E-state index contributed by atoms with van der Waals surface area (Å²) in [6.45, 7) is 4.96. The molecular weight excluding hydrogens is 228 g/mol. The number of nitrogens with zero attached hydrogens (tertiary/aromatic N) is 1. The minimum Gasteiger partial charge on any atom is -0.446 e. The molecule has 1 rings (SSSR count). The summed E-state index contributed by atoms with van der Waals surface area (Å²) in [5, 5.41) is 0. The van der Waals surface area contributed by atoms with Crippen LogP contribution in [0.1, 0.15) is 31.4 Å². The highest BCUT2D eigenvalue weighted by Gasteiger charge is 2.13. The summed E-state index contributed by atoms with van der Waals surface area (Å²) in [7, 11) is 1.74. The third-order valence-electron chi connectivity index (χ3n) is 2.87. The number of rotatable bonds is 5. The third-order valence-corrected chi connectivity index (χ3v) is 2.87. The van der Waals surface area contributed by atoms with E-state index in [0.29, 0.717) is 13.1 Å². The summed E-state index contributed by atoms with van der Waals surface area (Å²) in [4.78, 5) is 13.3. The minimum absolute atomic E-state index is 0.0421. The molecule has 0 aliphatic heterocycles. The number of carbonyl (C=O) groups is 1. The van der Waals surface area contributed by atoms with Gasteiger partial charge in [0.2, 0.25) is 0 Å². The Morgan fingerprint density at radius 2 is 1.89 bits per heavy atom. The largest absolute Gasteiger partial charge is 0.446 e. The van der Waals surface area contributed by atoms with E-state index in [0.717, 1.165) is 17.5 Å². The van der Waals surface area contributed by atoms with Crippen LogP contribution >= 0.6 is 0 Å². The summed E-state index contributed by atoms with van der Waals surface area (Å²) in [5.41, 5.74) is 7.69. The van der Waals surface area contributed by atoms with E-state index in [-0.39, 0.29) is 12.2 Å². The summed E-state index contributed by atoms with van der Waals surface area (Å²) < 4.78 is 5.25. The zero-order chi connectivity index (χ0) is 13.5. The molecule has 1 aromatic carbocycles. The normalized spacial score (nSPS) is 12.0. The van der Waals surface area contributed by atoms with Crippen LogP contribution in [0.15, 0.2) is 24.3 Å². The van der Waals surface area contributed by atoms with Crippen molar-refractivity contribution in [3.63, 3.8) is 0 Å². The third kappa shape index (κ3) is 4.37. The van der Waals surface area contributed by atoms with Crippen molar-refractivity contribution in [2.24, 2.45) is 5.73 Å². The van der Waals surface area contributed by atoms with Crippen molar-refractivity contribution in [2.45, 2.75) is 39.5 Å². The van der Waals surface area contributed by atoms with Gasteiger partial charge in [-0.05, 0) is 24.5 Å². The van der Waals surface area contributed by atoms with Crippen LogP contribution in [0.3, 0.4) is 0 Å². The number of hydrogen-bond donors (Lipinski definition) is 1. The number of nitrogens with two attached hydrogens (primary N) is 1.